The fraction of sp³-hybridized carbons (Fsp3) is 0.294. The molecule has 1 aromatic heterocycles. The van der Waals surface area contributed by atoms with Gasteiger partial charge in [-0.25, -0.2) is 4.98 Å². The Morgan fingerprint density at radius 2 is 2.08 bits per heavy atom. The lowest BCUT2D eigenvalue weighted by Gasteiger charge is -2.14. The Hall–Kier alpha value is -1.61. The van der Waals surface area contributed by atoms with Gasteiger partial charge in [-0.05, 0) is 13.0 Å². The van der Waals surface area contributed by atoms with Crippen molar-refractivity contribution in [3.63, 3.8) is 0 Å². The Morgan fingerprint density at radius 1 is 1.33 bits per heavy atom. The maximum atomic E-state index is 5.66. The van der Waals surface area contributed by atoms with E-state index in [4.69, 9.17) is 4.74 Å². The maximum Gasteiger partial charge on any atom is 0.191 e. The molecule has 0 radical (unpaired) electrons. The third-order valence-electron chi connectivity index (χ3n) is 3.26. The summed E-state index contributed by atoms with van der Waals surface area (Å²) in [5, 5.41) is 6.60. The van der Waals surface area contributed by atoms with Crippen LogP contribution in [0.15, 0.2) is 47.4 Å². The number of aryl methyl sites for hydroxylation is 1. The van der Waals surface area contributed by atoms with Gasteiger partial charge in [0.15, 0.2) is 5.96 Å². The van der Waals surface area contributed by atoms with Gasteiger partial charge in [-0.2, -0.15) is 0 Å². The van der Waals surface area contributed by atoms with E-state index in [0.29, 0.717) is 19.7 Å². The second kappa shape index (κ2) is 11.0. The summed E-state index contributed by atoms with van der Waals surface area (Å²) in [6.07, 6.45) is 1.74. The number of thiazole rings is 1. The Kier molecular flexibility index (Phi) is 9.39. The third kappa shape index (κ3) is 6.12. The molecule has 2 N–H and O–H groups in total. The smallest absolute Gasteiger partial charge is 0.191 e. The first-order chi connectivity index (χ1) is 11.2. The van der Waals surface area contributed by atoms with E-state index in [-0.39, 0.29) is 24.0 Å². The highest BCUT2D eigenvalue weighted by atomic mass is 127. The normalized spacial score (nSPS) is 10.7. The molecule has 2 rings (SSSR count). The molecule has 0 fully saturated rings. The Bertz CT molecular complexity index is 672. The van der Waals surface area contributed by atoms with Gasteiger partial charge in [0, 0.05) is 24.0 Å². The molecule has 0 aliphatic heterocycles. The Labute approximate surface area is 164 Å². The van der Waals surface area contributed by atoms with Crippen molar-refractivity contribution in [2.45, 2.75) is 20.0 Å². The molecule has 0 amide bonds. The van der Waals surface area contributed by atoms with E-state index in [1.807, 2.05) is 36.7 Å². The van der Waals surface area contributed by atoms with Crippen LogP contribution in [0.4, 0.5) is 0 Å². The molecule has 2 aromatic rings. The summed E-state index contributed by atoms with van der Waals surface area (Å²) in [7, 11) is 1.76. The van der Waals surface area contributed by atoms with Gasteiger partial charge in [-0.15, -0.1) is 35.3 Å². The van der Waals surface area contributed by atoms with Crippen LogP contribution in [0.3, 0.4) is 0 Å². The van der Waals surface area contributed by atoms with Crippen LogP contribution in [0.1, 0.15) is 16.1 Å². The van der Waals surface area contributed by atoms with E-state index >= 15 is 0 Å². The zero-order valence-corrected chi connectivity index (χ0v) is 17.1. The number of ether oxygens (including phenoxy) is 1. The summed E-state index contributed by atoms with van der Waals surface area (Å²) in [5.74, 6) is 1.60. The largest absolute Gasteiger partial charge is 0.489 e. The van der Waals surface area contributed by atoms with E-state index in [9.17, 15) is 0 Å². The number of benzene rings is 1. The Morgan fingerprint density at radius 3 is 2.75 bits per heavy atom. The number of para-hydroxylation sites is 1. The van der Waals surface area contributed by atoms with Crippen molar-refractivity contribution in [1.29, 1.82) is 0 Å². The number of aromatic nitrogens is 1. The molecule has 0 saturated heterocycles. The van der Waals surface area contributed by atoms with Gasteiger partial charge in [0.2, 0.25) is 0 Å². The van der Waals surface area contributed by atoms with Crippen molar-refractivity contribution in [3.8, 4) is 5.75 Å². The summed E-state index contributed by atoms with van der Waals surface area (Å²) in [4.78, 5) is 9.70. The van der Waals surface area contributed by atoms with E-state index in [1.165, 1.54) is 4.88 Å². The monoisotopic (exact) mass is 458 g/mol. The van der Waals surface area contributed by atoms with E-state index < -0.39 is 0 Å². The lowest BCUT2D eigenvalue weighted by molar-refractivity contribution is 0.358. The van der Waals surface area contributed by atoms with Gasteiger partial charge in [0.25, 0.3) is 0 Å². The topological polar surface area (TPSA) is 58.5 Å². The minimum absolute atomic E-state index is 0. The minimum atomic E-state index is 0. The van der Waals surface area contributed by atoms with E-state index in [2.05, 4.69) is 27.2 Å². The van der Waals surface area contributed by atoms with Crippen molar-refractivity contribution >= 4 is 41.3 Å². The average molecular weight is 458 g/mol. The van der Waals surface area contributed by atoms with Crippen molar-refractivity contribution in [1.82, 2.24) is 15.6 Å². The molecular weight excluding hydrogens is 435 g/mol. The number of hydrogen-bond donors (Lipinski definition) is 2. The molecule has 24 heavy (non-hydrogen) atoms. The van der Waals surface area contributed by atoms with Gasteiger partial charge in [-0.3, -0.25) is 4.99 Å². The number of nitrogens with zero attached hydrogens (tertiary/aromatic N) is 2. The molecule has 0 aliphatic carbocycles. The fourth-order valence-corrected chi connectivity index (χ4v) is 2.72. The molecule has 1 aromatic carbocycles. The molecule has 0 spiro atoms. The molecule has 0 bridgehead atoms. The highest BCUT2D eigenvalue weighted by molar-refractivity contribution is 14.0. The van der Waals surface area contributed by atoms with E-state index in [0.717, 1.165) is 23.0 Å². The first kappa shape index (κ1) is 20.4. The Balaban J connectivity index is 0.00000288. The first-order valence-corrected chi connectivity index (χ1v) is 8.27. The van der Waals surface area contributed by atoms with Crippen LogP contribution in [0.5, 0.6) is 5.75 Å². The maximum absolute atomic E-state index is 5.66. The first-order valence-electron chi connectivity index (χ1n) is 7.39. The van der Waals surface area contributed by atoms with Crippen LogP contribution >= 0.6 is 35.3 Å². The number of hydrogen-bond acceptors (Lipinski definition) is 4. The second-order valence-corrected chi connectivity index (χ2v) is 5.79. The van der Waals surface area contributed by atoms with E-state index in [1.54, 1.807) is 24.5 Å². The van der Waals surface area contributed by atoms with Gasteiger partial charge < -0.3 is 15.4 Å². The highest BCUT2D eigenvalue weighted by Gasteiger charge is 2.06. The standard InChI is InChI=1S/C17H22N4OS.HI/c1-4-9-22-15-8-6-5-7-14(15)10-19-17(18-3)20-11-16-13(2)21-12-23-16;/h4-8,12H,1,9-11H2,2-3H3,(H2,18,19,20);1H. The predicted octanol–water partition coefficient (Wildman–Crippen LogP) is 3.50. The highest BCUT2D eigenvalue weighted by Crippen LogP contribution is 2.17. The van der Waals surface area contributed by atoms with Crippen LogP contribution in [0.2, 0.25) is 0 Å². The van der Waals surface area contributed by atoms with Crippen molar-refractivity contribution < 1.29 is 4.74 Å². The molecule has 1 heterocycles. The van der Waals surface area contributed by atoms with Gasteiger partial charge in [-0.1, -0.05) is 30.9 Å². The van der Waals surface area contributed by atoms with Crippen molar-refractivity contribution in [2.24, 2.45) is 4.99 Å². The predicted molar refractivity (Wildman–Crippen MR) is 111 cm³/mol. The van der Waals surface area contributed by atoms with Crippen molar-refractivity contribution in [3.05, 3.63) is 58.6 Å². The van der Waals surface area contributed by atoms with Gasteiger partial charge in [0.1, 0.15) is 12.4 Å². The zero-order valence-electron chi connectivity index (χ0n) is 13.9. The molecular formula is C17H23IN4OS. The molecule has 0 aliphatic rings. The lowest BCUT2D eigenvalue weighted by atomic mass is 10.2. The summed E-state index contributed by atoms with van der Waals surface area (Å²) in [6.45, 7) is 7.53. The number of halogens is 1. The lowest BCUT2D eigenvalue weighted by Crippen LogP contribution is -2.36. The molecule has 7 heteroatoms. The fourth-order valence-electron chi connectivity index (χ4n) is 2.00. The minimum Gasteiger partial charge on any atom is -0.489 e. The second-order valence-electron chi connectivity index (χ2n) is 4.85. The van der Waals surface area contributed by atoms with Crippen LogP contribution in [-0.2, 0) is 13.1 Å². The molecule has 130 valence electrons. The molecule has 5 nitrogen and oxygen atoms in total. The molecule has 0 unspecified atom stereocenters. The summed E-state index contributed by atoms with van der Waals surface area (Å²) < 4.78 is 5.66. The van der Waals surface area contributed by atoms with Crippen LogP contribution < -0.4 is 15.4 Å². The zero-order chi connectivity index (χ0) is 16.5. The average Bonchev–Trinajstić information content (AvgIpc) is 2.99. The number of rotatable bonds is 7. The summed E-state index contributed by atoms with van der Waals surface area (Å²) in [6, 6.07) is 7.94. The summed E-state index contributed by atoms with van der Waals surface area (Å²) in [5.41, 5.74) is 3.99. The quantitative estimate of drug-likeness (QED) is 0.289. The van der Waals surface area contributed by atoms with Gasteiger partial charge >= 0.3 is 0 Å². The van der Waals surface area contributed by atoms with Crippen LogP contribution in [0.25, 0.3) is 0 Å². The number of nitrogens with one attached hydrogen (secondary N) is 2. The third-order valence-corrected chi connectivity index (χ3v) is 4.20. The summed E-state index contributed by atoms with van der Waals surface area (Å²) >= 11 is 1.64. The molecule has 0 atom stereocenters. The molecule has 0 saturated carbocycles. The van der Waals surface area contributed by atoms with Crippen LogP contribution in [-0.4, -0.2) is 24.6 Å². The SMILES string of the molecule is C=CCOc1ccccc1CNC(=NC)NCc1scnc1C.I. The number of aliphatic imine (C=N–C) groups is 1. The van der Waals surface area contributed by atoms with Gasteiger partial charge in [0.05, 0.1) is 17.7 Å². The van der Waals surface area contributed by atoms with Crippen molar-refractivity contribution in [2.75, 3.05) is 13.7 Å². The number of guanidine groups is 1. The van der Waals surface area contributed by atoms with Crippen LogP contribution in [0, 0.1) is 6.92 Å².